The van der Waals surface area contributed by atoms with Crippen LogP contribution in [0.2, 0.25) is 0 Å². The molecule has 0 spiro atoms. The van der Waals surface area contributed by atoms with Gasteiger partial charge in [-0.05, 0) is 25.6 Å². The summed E-state index contributed by atoms with van der Waals surface area (Å²) < 4.78 is 3.89. The first-order valence-corrected chi connectivity index (χ1v) is 9.12. The van der Waals surface area contributed by atoms with Crippen LogP contribution < -0.4 is 0 Å². The van der Waals surface area contributed by atoms with Crippen LogP contribution in [0.4, 0.5) is 0 Å². The fraction of sp³-hybridized carbons (Fsp3) is 0.200. The van der Waals surface area contributed by atoms with E-state index in [0.717, 1.165) is 28.5 Å². The Labute approximate surface area is 139 Å². The van der Waals surface area contributed by atoms with E-state index in [1.54, 1.807) is 25.0 Å². The van der Waals surface area contributed by atoms with Gasteiger partial charge in [-0.25, -0.2) is 0 Å². The third kappa shape index (κ3) is 3.45. The standard InChI is InChI=1S/C15H15N4.ClH.Pt/c1-11-9-12(2)19(17-11)14-6-4-5-13(10-14)15-16-7-8-18(15)3;;/h4-9H,1-3H3;1H;/q-1;;+2/p-1. The van der Waals surface area contributed by atoms with Crippen molar-refractivity contribution in [1.82, 2.24) is 19.3 Å². The second-order valence-electron chi connectivity index (χ2n) is 4.65. The molecule has 0 N–H and O–H groups in total. The number of hydrogen-bond acceptors (Lipinski definition) is 2. The average Bonchev–Trinajstić information content (AvgIpc) is 3.07. The number of aromatic nitrogens is 4. The van der Waals surface area contributed by atoms with Crippen LogP contribution in [0.15, 0.2) is 36.7 Å². The van der Waals surface area contributed by atoms with Gasteiger partial charge in [-0.3, -0.25) is 9.67 Å². The molecule has 2 aromatic heterocycles. The summed E-state index contributed by atoms with van der Waals surface area (Å²) in [6.07, 6.45) is 3.72. The van der Waals surface area contributed by atoms with Crippen molar-refractivity contribution < 1.29 is 18.8 Å². The molecule has 0 saturated heterocycles. The van der Waals surface area contributed by atoms with Crippen LogP contribution >= 0.6 is 9.42 Å². The van der Waals surface area contributed by atoms with E-state index in [2.05, 4.69) is 31.6 Å². The molecule has 0 bridgehead atoms. The minimum atomic E-state index is 0.906. The summed E-state index contributed by atoms with van der Waals surface area (Å²) in [5.74, 6) is 0.906. The Balaban J connectivity index is 0.000000774. The zero-order chi connectivity index (χ0) is 15.4. The monoisotopic (exact) mass is 481 g/mol. The topological polar surface area (TPSA) is 35.6 Å². The van der Waals surface area contributed by atoms with Gasteiger partial charge in [0.15, 0.2) is 0 Å². The summed E-state index contributed by atoms with van der Waals surface area (Å²) in [6, 6.07) is 11.5. The molecule has 0 aliphatic carbocycles. The molecule has 6 heteroatoms. The molecule has 0 radical (unpaired) electrons. The Bertz CT molecular complexity index is 733. The maximum atomic E-state index is 4.61. The van der Waals surface area contributed by atoms with Gasteiger partial charge in [0.05, 0.1) is 11.5 Å². The number of nitrogens with zero attached hydrogens (tertiary/aromatic N) is 4. The van der Waals surface area contributed by atoms with Crippen LogP contribution in [-0.4, -0.2) is 19.3 Å². The summed E-state index contributed by atoms with van der Waals surface area (Å²) in [5.41, 5.74) is 4.02. The molecule has 0 saturated carbocycles. The Morgan fingerprint density at radius 3 is 2.57 bits per heavy atom. The second kappa shape index (κ2) is 7.06. The number of hydrogen-bond donors (Lipinski definition) is 0. The number of rotatable bonds is 2. The first-order valence-electron chi connectivity index (χ1n) is 6.31. The third-order valence-electron chi connectivity index (χ3n) is 3.08. The Kier molecular flexibility index (Phi) is 5.38. The predicted octanol–water partition coefficient (Wildman–Crippen LogP) is 3.38. The first kappa shape index (κ1) is 16.0. The van der Waals surface area contributed by atoms with Gasteiger partial charge in [0, 0.05) is 25.1 Å². The van der Waals surface area contributed by atoms with Crippen molar-refractivity contribution in [3.63, 3.8) is 0 Å². The zero-order valence-electron chi connectivity index (χ0n) is 11.9. The van der Waals surface area contributed by atoms with Crippen LogP contribution in [0.1, 0.15) is 11.4 Å². The van der Waals surface area contributed by atoms with Crippen molar-refractivity contribution in [2.45, 2.75) is 13.8 Å². The van der Waals surface area contributed by atoms with E-state index < -0.39 is 0 Å². The molecule has 4 nitrogen and oxygen atoms in total. The van der Waals surface area contributed by atoms with Gasteiger partial charge in [-0.1, -0.05) is 0 Å². The van der Waals surface area contributed by atoms with Crippen LogP contribution in [0, 0.1) is 19.9 Å². The van der Waals surface area contributed by atoms with Crippen molar-refractivity contribution in [2.75, 3.05) is 0 Å². The molecule has 0 amide bonds. The van der Waals surface area contributed by atoms with Crippen molar-refractivity contribution in [3.8, 4) is 17.1 Å². The van der Waals surface area contributed by atoms with Crippen molar-refractivity contribution in [2.24, 2.45) is 7.05 Å². The zero-order valence-corrected chi connectivity index (χ0v) is 15.0. The Morgan fingerprint density at radius 1 is 1.24 bits per heavy atom. The van der Waals surface area contributed by atoms with Gasteiger partial charge in [0.1, 0.15) is 0 Å². The minimum absolute atomic E-state index is 0.906. The molecular formula is C15H15ClN4Pt. The predicted molar refractivity (Wildman–Crippen MR) is 79.9 cm³/mol. The van der Waals surface area contributed by atoms with Gasteiger partial charge >= 0.3 is 28.2 Å². The van der Waals surface area contributed by atoms with Crippen LogP contribution in [-0.2, 0) is 25.8 Å². The number of imidazole rings is 1. The molecule has 1 aromatic carbocycles. The molecule has 2 heterocycles. The summed E-state index contributed by atoms with van der Waals surface area (Å²) in [5, 5.41) is 4.48. The quantitative estimate of drug-likeness (QED) is 0.526. The molecule has 0 fully saturated rings. The van der Waals surface area contributed by atoms with E-state index in [1.807, 2.05) is 54.5 Å². The van der Waals surface area contributed by atoms with E-state index in [-0.39, 0.29) is 0 Å². The summed E-state index contributed by atoms with van der Waals surface area (Å²) in [4.78, 5) is 4.35. The molecule has 0 unspecified atom stereocenters. The number of halogens is 1. The summed E-state index contributed by atoms with van der Waals surface area (Å²) in [7, 11) is 6.59. The fourth-order valence-electron chi connectivity index (χ4n) is 2.21. The van der Waals surface area contributed by atoms with Gasteiger partial charge < -0.3 is 4.57 Å². The number of benzene rings is 1. The van der Waals surface area contributed by atoms with Gasteiger partial charge in [-0.2, -0.15) is 5.10 Å². The molecule has 0 aliphatic heterocycles. The van der Waals surface area contributed by atoms with Gasteiger partial charge in [-0.15, -0.1) is 29.8 Å². The fourth-order valence-corrected chi connectivity index (χ4v) is 2.21. The van der Waals surface area contributed by atoms with Crippen molar-refractivity contribution in [3.05, 3.63) is 54.1 Å². The molecule has 3 aromatic rings. The van der Waals surface area contributed by atoms with E-state index >= 15 is 0 Å². The van der Waals surface area contributed by atoms with Crippen LogP contribution in [0.25, 0.3) is 17.1 Å². The van der Waals surface area contributed by atoms with Crippen LogP contribution in [0.5, 0.6) is 0 Å². The third-order valence-corrected chi connectivity index (χ3v) is 3.08. The van der Waals surface area contributed by atoms with E-state index in [4.69, 9.17) is 0 Å². The average molecular weight is 482 g/mol. The maximum absolute atomic E-state index is 4.61. The van der Waals surface area contributed by atoms with Crippen molar-refractivity contribution >= 4 is 9.42 Å². The molecule has 3 rings (SSSR count). The van der Waals surface area contributed by atoms with E-state index in [9.17, 15) is 0 Å². The van der Waals surface area contributed by atoms with Gasteiger partial charge in [0.25, 0.3) is 0 Å². The Hall–Kier alpha value is -1.38. The Morgan fingerprint density at radius 2 is 2.00 bits per heavy atom. The van der Waals surface area contributed by atoms with Crippen LogP contribution in [0.3, 0.4) is 0 Å². The molecule has 112 valence electrons. The molecular weight excluding hydrogens is 467 g/mol. The van der Waals surface area contributed by atoms with E-state index in [0.29, 0.717) is 0 Å². The molecule has 0 atom stereocenters. The second-order valence-corrected chi connectivity index (χ2v) is 4.65. The molecule has 0 aliphatic rings. The number of aryl methyl sites for hydroxylation is 3. The SMILES string of the molecule is Cc1cc(C)n(-c2[c-]c(-c3nccn3C)ccc2)n1.[Cl][Pt+]. The molecule has 21 heavy (non-hydrogen) atoms. The summed E-state index contributed by atoms with van der Waals surface area (Å²) in [6.45, 7) is 4.04. The van der Waals surface area contributed by atoms with Gasteiger partial charge in [0.2, 0.25) is 0 Å². The van der Waals surface area contributed by atoms with E-state index in [1.165, 1.54) is 0 Å². The summed E-state index contributed by atoms with van der Waals surface area (Å²) >= 11 is 1.61. The van der Waals surface area contributed by atoms with Crippen molar-refractivity contribution in [1.29, 1.82) is 0 Å². The first-order chi connectivity index (χ1) is 10.1. The normalized spacial score (nSPS) is 10.2.